The van der Waals surface area contributed by atoms with Gasteiger partial charge in [0.25, 0.3) is 0 Å². The largest absolute Gasteiger partial charge is 0.327 e. The van der Waals surface area contributed by atoms with Gasteiger partial charge in [-0.15, -0.1) is 0 Å². The number of nitrogens with zero attached hydrogens (tertiary/aromatic N) is 3. The quantitative estimate of drug-likeness (QED) is 0.820. The highest BCUT2D eigenvalue weighted by atomic mass is 15.3. The van der Waals surface area contributed by atoms with Gasteiger partial charge in [-0.05, 0) is 31.0 Å². The number of aromatic nitrogens is 3. The van der Waals surface area contributed by atoms with Crippen LogP contribution in [0, 0.1) is 6.92 Å². The molecule has 0 spiro atoms. The van der Waals surface area contributed by atoms with Crippen molar-refractivity contribution in [1.82, 2.24) is 14.6 Å². The van der Waals surface area contributed by atoms with E-state index >= 15 is 0 Å². The van der Waals surface area contributed by atoms with Crippen LogP contribution < -0.4 is 5.73 Å². The molecule has 0 aromatic carbocycles. The molecule has 80 valence electrons. The highest BCUT2D eigenvalue weighted by Gasteiger charge is 2.07. The Morgan fingerprint density at radius 3 is 3.00 bits per heavy atom. The van der Waals surface area contributed by atoms with Gasteiger partial charge in [-0.3, -0.25) is 0 Å². The van der Waals surface area contributed by atoms with Crippen LogP contribution in [-0.4, -0.2) is 20.6 Å². The second kappa shape index (κ2) is 3.98. The molecule has 2 rings (SSSR count). The first-order valence-corrected chi connectivity index (χ1v) is 5.25. The molecule has 2 aromatic rings. The molecule has 0 fully saturated rings. The number of rotatable bonds is 3. The Bertz CT molecular complexity index is 461. The summed E-state index contributed by atoms with van der Waals surface area (Å²) in [4.78, 5) is 4.18. The Labute approximate surface area is 89.1 Å². The number of pyridine rings is 1. The van der Waals surface area contributed by atoms with E-state index in [1.165, 1.54) is 5.56 Å². The average Bonchev–Trinajstić information content (AvgIpc) is 2.65. The lowest BCUT2D eigenvalue weighted by atomic mass is 10.1. The molecule has 0 bridgehead atoms. The van der Waals surface area contributed by atoms with Gasteiger partial charge in [-0.25, -0.2) is 9.50 Å². The van der Waals surface area contributed by atoms with E-state index in [1.54, 1.807) is 6.33 Å². The van der Waals surface area contributed by atoms with Crippen LogP contribution in [0.2, 0.25) is 0 Å². The molecule has 0 radical (unpaired) electrons. The molecule has 4 heteroatoms. The third kappa shape index (κ3) is 1.99. The Kier molecular flexibility index (Phi) is 2.68. The number of hydrogen-bond donors (Lipinski definition) is 1. The summed E-state index contributed by atoms with van der Waals surface area (Å²) in [6.45, 7) is 4.16. The van der Waals surface area contributed by atoms with E-state index < -0.39 is 0 Å². The van der Waals surface area contributed by atoms with Gasteiger partial charge in [-0.2, -0.15) is 5.10 Å². The number of nitrogens with two attached hydrogens (primary N) is 1. The summed E-state index contributed by atoms with van der Waals surface area (Å²) in [5.74, 6) is 0. The van der Waals surface area contributed by atoms with Crippen LogP contribution in [0.25, 0.3) is 5.65 Å². The molecule has 2 aromatic heterocycles. The molecule has 0 aliphatic heterocycles. The number of hydrogen-bond acceptors (Lipinski definition) is 3. The molecule has 0 aliphatic rings. The van der Waals surface area contributed by atoms with Crippen molar-refractivity contribution in [3.05, 3.63) is 29.7 Å². The smallest absolute Gasteiger partial charge is 0.155 e. The molecular weight excluding hydrogens is 188 g/mol. The average molecular weight is 204 g/mol. The van der Waals surface area contributed by atoms with Gasteiger partial charge >= 0.3 is 0 Å². The minimum atomic E-state index is 0.194. The van der Waals surface area contributed by atoms with E-state index in [-0.39, 0.29) is 6.04 Å². The lowest BCUT2D eigenvalue weighted by molar-refractivity contribution is 0.624. The minimum Gasteiger partial charge on any atom is -0.327 e. The maximum atomic E-state index is 5.95. The van der Waals surface area contributed by atoms with Gasteiger partial charge < -0.3 is 5.73 Å². The van der Waals surface area contributed by atoms with Crippen LogP contribution in [-0.2, 0) is 6.42 Å². The fourth-order valence-electron chi connectivity index (χ4n) is 1.70. The maximum Gasteiger partial charge on any atom is 0.155 e. The predicted molar refractivity (Wildman–Crippen MR) is 59.7 cm³/mol. The standard InChI is InChI=1S/C11H16N4/c1-3-9(12)6-10-4-8(2)5-11-13-7-14-15(10)11/h4-5,7,9H,3,6,12H2,1-2H3. The predicted octanol–water partition coefficient (Wildman–Crippen LogP) is 1.32. The first-order valence-electron chi connectivity index (χ1n) is 5.25. The normalized spacial score (nSPS) is 13.3. The molecule has 1 atom stereocenters. The zero-order valence-corrected chi connectivity index (χ0v) is 9.14. The molecule has 0 saturated heterocycles. The van der Waals surface area contributed by atoms with E-state index in [0.717, 1.165) is 24.2 Å². The van der Waals surface area contributed by atoms with Crippen molar-refractivity contribution in [2.24, 2.45) is 5.73 Å². The van der Waals surface area contributed by atoms with Crippen molar-refractivity contribution in [1.29, 1.82) is 0 Å². The summed E-state index contributed by atoms with van der Waals surface area (Å²) in [7, 11) is 0. The molecule has 2 N–H and O–H groups in total. The SMILES string of the molecule is CCC(N)Cc1cc(C)cc2ncnn12. The monoisotopic (exact) mass is 204 g/mol. The van der Waals surface area contributed by atoms with Gasteiger partial charge in [0.2, 0.25) is 0 Å². The van der Waals surface area contributed by atoms with E-state index in [1.807, 2.05) is 10.6 Å². The summed E-state index contributed by atoms with van der Waals surface area (Å²) in [5, 5.41) is 4.20. The van der Waals surface area contributed by atoms with Gasteiger partial charge in [0, 0.05) is 18.2 Å². The van der Waals surface area contributed by atoms with Crippen molar-refractivity contribution in [2.75, 3.05) is 0 Å². The Balaban J connectivity index is 2.44. The molecular formula is C11H16N4. The fourth-order valence-corrected chi connectivity index (χ4v) is 1.70. The van der Waals surface area contributed by atoms with E-state index in [9.17, 15) is 0 Å². The summed E-state index contributed by atoms with van der Waals surface area (Å²) in [6, 6.07) is 4.34. The van der Waals surface area contributed by atoms with E-state index in [4.69, 9.17) is 5.73 Å². The van der Waals surface area contributed by atoms with Crippen molar-refractivity contribution in [3.8, 4) is 0 Å². The van der Waals surface area contributed by atoms with Gasteiger partial charge in [0.15, 0.2) is 5.65 Å². The minimum absolute atomic E-state index is 0.194. The van der Waals surface area contributed by atoms with Gasteiger partial charge in [0.05, 0.1) is 0 Å². The molecule has 4 nitrogen and oxygen atoms in total. The van der Waals surface area contributed by atoms with Gasteiger partial charge in [-0.1, -0.05) is 6.92 Å². The topological polar surface area (TPSA) is 56.2 Å². The molecule has 0 amide bonds. The third-order valence-electron chi connectivity index (χ3n) is 2.59. The summed E-state index contributed by atoms with van der Waals surface area (Å²) >= 11 is 0. The first kappa shape index (κ1) is 10.1. The highest BCUT2D eigenvalue weighted by molar-refractivity contribution is 5.41. The van der Waals surface area contributed by atoms with Crippen LogP contribution >= 0.6 is 0 Å². The summed E-state index contributed by atoms with van der Waals surface area (Å²) in [5.41, 5.74) is 9.19. The van der Waals surface area contributed by atoms with Gasteiger partial charge in [0.1, 0.15) is 6.33 Å². The lowest BCUT2D eigenvalue weighted by Gasteiger charge is -2.10. The lowest BCUT2D eigenvalue weighted by Crippen LogP contribution is -2.23. The third-order valence-corrected chi connectivity index (χ3v) is 2.59. The Morgan fingerprint density at radius 1 is 1.47 bits per heavy atom. The second-order valence-corrected chi connectivity index (χ2v) is 3.93. The molecule has 1 unspecified atom stereocenters. The van der Waals surface area contributed by atoms with Crippen LogP contribution in [0.1, 0.15) is 24.6 Å². The highest BCUT2D eigenvalue weighted by Crippen LogP contribution is 2.10. The fraction of sp³-hybridized carbons (Fsp3) is 0.455. The van der Waals surface area contributed by atoms with Crippen molar-refractivity contribution >= 4 is 5.65 Å². The van der Waals surface area contributed by atoms with Crippen LogP contribution in [0.4, 0.5) is 0 Å². The van der Waals surface area contributed by atoms with E-state index in [2.05, 4.69) is 30.0 Å². The molecule has 15 heavy (non-hydrogen) atoms. The van der Waals surface area contributed by atoms with Crippen molar-refractivity contribution in [3.63, 3.8) is 0 Å². The number of fused-ring (bicyclic) bond motifs is 1. The van der Waals surface area contributed by atoms with E-state index in [0.29, 0.717) is 0 Å². The number of aryl methyl sites for hydroxylation is 1. The van der Waals surface area contributed by atoms with Crippen LogP contribution in [0.15, 0.2) is 18.5 Å². The molecule has 2 heterocycles. The maximum absolute atomic E-state index is 5.95. The van der Waals surface area contributed by atoms with Crippen LogP contribution in [0.5, 0.6) is 0 Å². The zero-order chi connectivity index (χ0) is 10.8. The Hall–Kier alpha value is -1.42. The summed E-state index contributed by atoms with van der Waals surface area (Å²) in [6.07, 6.45) is 3.40. The van der Waals surface area contributed by atoms with Crippen molar-refractivity contribution in [2.45, 2.75) is 32.7 Å². The summed E-state index contributed by atoms with van der Waals surface area (Å²) < 4.78 is 1.86. The van der Waals surface area contributed by atoms with Crippen LogP contribution in [0.3, 0.4) is 0 Å². The molecule has 0 aliphatic carbocycles. The Morgan fingerprint density at radius 2 is 2.27 bits per heavy atom. The zero-order valence-electron chi connectivity index (χ0n) is 9.14. The van der Waals surface area contributed by atoms with Crippen molar-refractivity contribution < 1.29 is 0 Å². The second-order valence-electron chi connectivity index (χ2n) is 3.93. The first-order chi connectivity index (χ1) is 7.20. The molecule has 0 saturated carbocycles.